The third kappa shape index (κ3) is 4.30. The summed E-state index contributed by atoms with van der Waals surface area (Å²) in [5.74, 6) is 0.727. The summed E-state index contributed by atoms with van der Waals surface area (Å²) in [4.78, 5) is 11.8. The number of ether oxygens (including phenoxy) is 1. The van der Waals surface area contributed by atoms with Crippen molar-refractivity contribution < 1.29 is 35.7 Å². The molecule has 0 bridgehead atoms. The largest absolute Gasteiger partial charge is 0.450 e. The molecule has 0 aliphatic rings. The molecule has 10 heteroatoms. The molecule has 19 heavy (non-hydrogen) atoms. The van der Waals surface area contributed by atoms with Gasteiger partial charge in [0.05, 0.1) is 6.26 Å². The van der Waals surface area contributed by atoms with Crippen LogP contribution in [0.2, 0.25) is 0 Å². The van der Waals surface area contributed by atoms with Crippen molar-refractivity contribution in [3.8, 4) is 12.3 Å². The summed E-state index contributed by atoms with van der Waals surface area (Å²) in [5.41, 5.74) is 0. The predicted octanol–water partition coefficient (Wildman–Crippen LogP) is 0.341. The second-order valence-corrected chi connectivity index (χ2v) is 7.57. The number of esters is 1. The van der Waals surface area contributed by atoms with E-state index in [9.17, 15) is 17.8 Å². The first-order valence-electron chi connectivity index (χ1n) is 4.79. The van der Waals surface area contributed by atoms with Crippen LogP contribution in [0.1, 0.15) is 6.92 Å². The molecular weight excluding hydrogens is 299 g/mol. The van der Waals surface area contributed by atoms with Crippen LogP contribution in [0.4, 0.5) is 0 Å². The molecular formula is C9H15O8PS. The molecule has 1 unspecified atom stereocenters. The average Bonchev–Trinajstić information content (AvgIpc) is 2.32. The second-order valence-electron chi connectivity index (χ2n) is 3.41. The lowest BCUT2D eigenvalue weighted by Crippen LogP contribution is -2.42. The van der Waals surface area contributed by atoms with Gasteiger partial charge >= 0.3 is 13.6 Å². The molecule has 0 aromatic carbocycles. The van der Waals surface area contributed by atoms with Gasteiger partial charge in [-0.15, -0.1) is 6.42 Å². The molecule has 0 rings (SSSR count). The Hall–Kier alpha value is -0.910. The molecule has 0 aliphatic carbocycles. The topological polar surface area (TPSA) is 105 Å². The number of terminal acetylenes is 1. The van der Waals surface area contributed by atoms with Crippen LogP contribution in [-0.2, 0) is 37.4 Å². The van der Waals surface area contributed by atoms with Crippen molar-refractivity contribution in [3.63, 3.8) is 0 Å². The lowest BCUT2D eigenvalue weighted by atomic mass is 10.4. The van der Waals surface area contributed by atoms with Gasteiger partial charge in [-0.1, -0.05) is 5.92 Å². The molecule has 0 aromatic heterocycles. The highest BCUT2D eigenvalue weighted by molar-refractivity contribution is 7.86. The summed E-state index contributed by atoms with van der Waals surface area (Å²) in [6.45, 7) is 0.468. The molecule has 0 aliphatic heterocycles. The maximum atomic E-state index is 12.3. The van der Waals surface area contributed by atoms with E-state index in [-0.39, 0.29) is 0 Å². The molecule has 0 saturated heterocycles. The fourth-order valence-electron chi connectivity index (χ4n) is 1.15. The van der Waals surface area contributed by atoms with Gasteiger partial charge in [0.2, 0.25) is 0 Å². The molecule has 0 spiro atoms. The van der Waals surface area contributed by atoms with Crippen LogP contribution in [0.3, 0.4) is 0 Å². The van der Waals surface area contributed by atoms with E-state index in [1.165, 1.54) is 0 Å². The van der Waals surface area contributed by atoms with Crippen molar-refractivity contribution in [2.75, 3.05) is 27.1 Å². The number of hydrogen-bond acceptors (Lipinski definition) is 8. The van der Waals surface area contributed by atoms with Crippen molar-refractivity contribution in [3.05, 3.63) is 0 Å². The van der Waals surface area contributed by atoms with Gasteiger partial charge in [-0.05, 0) is 6.92 Å². The average molecular weight is 314 g/mol. The maximum absolute atomic E-state index is 12.3. The molecule has 8 nitrogen and oxygen atoms in total. The molecule has 0 fully saturated rings. The highest BCUT2D eigenvalue weighted by atomic mass is 32.2. The molecule has 110 valence electrons. The van der Waals surface area contributed by atoms with Gasteiger partial charge in [-0.25, -0.2) is 8.98 Å². The third-order valence-electron chi connectivity index (χ3n) is 1.98. The van der Waals surface area contributed by atoms with Crippen LogP contribution in [-0.4, -0.2) is 46.8 Å². The lowest BCUT2D eigenvalue weighted by molar-refractivity contribution is -0.153. The smallest absolute Gasteiger partial charge is 0.374 e. The highest BCUT2D eigenvalue weighted by Gasteiger charge is 2.57. The van der Waals surface area contributed by atoms with Gasteiger partial charge < -0.3 is 13.8 Å². The Morgan fingerprint density at radius 3 is 2.16 bits per heavy atom. The highest BCUT2D eigenvalue weighted by Crippen LogP contribution is 2.60. The van der Waals surface area contributed by atoms with Crippen molar-refractivity contribution in [1.82, 2.24) is 0 Å². The first-order valence-corrected chi connectivity index (χ1v) is 8.15. The first kappa shape index (κ1) is 18.1. The van der Waals surface area contributed by atoms with Gasteiger partial charge in [0, 0.05) is 14.2 Å². The second kappa shape index (κ2) is 6.50. The van der Waals surface area contributed by atoms with Crippen molar-refractivity contribution in [1.29, 1.82) is 0 Å². The number of hydrogen-bond donors (Lipinski definition) is 0. The lowest BCUT2D eigenvalue weighted by Gasteiger charge is -2.30. The fraction of sp³-hybridized carbons (Fsp3) is 0.667. The third-order valence-corrected chi connectivity index (χ3v) is 5.02. The van der Waals surface area contributed by atoms with Gasteiger partial charge in [0.25, 0.3) is 15.5 Å². The van der Waals surface area contributed by atoms with E-state index in [1.807, 2.05) is 5.92 Å². The van der Waals surface area contributed by atoms with Gasteiger partial charge in [-0.2, -0.15) is 8.42 Å². The van der Waals surface area contributed by atoms with E-state index in [0.29, 0.717) is 6.26 Å². The van der Waals surface area contributed by atoms with E-state index >= 15 is 0 Å². The zero-order chi connectivity index (χ0) is 15.3. The summed E-state index contributed by atoms with van der Waals surface area (Å²) in [6, 6.07) is 0. The Morgan fingerprint density at radius 2 is 1.84 bits per heavy atom. The van der Waals surface area contributed by atoms with Crippen LogP contribution in [0, 0.1) is 12.3 Å². The minimum Gasteiger partial charge on any atom is -0.450 e. The quantitative estimate of drug-likeness (QED) is 0.287. The Morgan fingerprint density at radius 1 is 1.37 bits per heavy atom. The van der Waals surface area contributed by atoms with E-state index in [4.69, 9.17) is 6.42 Å². The molecule has 0 radical (unpaired) electrons. The maximum Gasteiger partial charge on any atom is 0.374 e. The molecule has 0 heterocycles. The predicted molar refractivity (Wildman–Crippen MR) is 65.8 cm³/mol. The SMILES string of the molecule is C#CCOC(=O)C(C)(OS(C)(=O)=O)P(=O)(OC)OC. The number of carbonyl (C=O) groups is 1. The summed E-state index contributed by atoms with van der Waals surface area (Å²) < 4.78 is 53.0. The molecule has 0 aromatic rings. The van der Waals surface area contributed by atoms with Crippen LogP contribution < -0.4 is 0 Å². The van der Waals surface area contributed by atoms with Crippen LogP contribution in [0.15, 0.2) is 0 Å². The van der Waals surface area contributed by atoms with Crippen molar-refractivity contribution in [2.24, 2.45) is 0 Å². The standard InChI is InChI=1S/C9H15O8PS/c1-6-7-16-8(10)9(2,17-19(5,12)13)18(11,14-3)15-4/h1H,7H2,2-5H3. The molecule has 0 amide bonds. The van der Waals surface area contributed by atoms with E-state index in [2.05, 4.69) is 18.0 Å². The molecule has 1 atom stereocenters. The van der Waals surface area contributed by atoms with Gasteiger partial charge in [0.1, 0.15) is 0 Å². The first-order chi connectivity index (χ1) is 8.56. The zero-order valence-corrected chi connectivity index (χ0v) is 12.6. The Bertz CT molecular complexity index is 511. The van der Waals surface area contributed by atoms with E-state index < -0.39 is 35.6 Å². The van der Waals surface area contributed by atoms with Crippen molar-refractivity contribution in [2.45, 2.75) is 12.3 Å². The van der Waals surface area contributed by atoms with E-state index in [0.717, 1.165) is 21.1 Å². The number of rotatable bonds is 7. The minimum absolute atomic E-state index is 0.449. The Labute approximate surface area is 112 Å². The Kier molecular flexibility index (Phi) is 6.19. The van der Waals surface area contributed by atoms with Gasteiger partial charge in [-0.3, -0.25) is 4.57 Å². The minimum atomic E-state index is -4.24. The summed E-state index contributed by atoms with van der Waals surface area (Å²) >= 11 is 0. The van der Waals surface area contributed by atoms with Crippen LogP contribution >= 0.6 is 7.60 Å². The monoisotopic (exact) mass is 314 g/mol. The van der Waals surface area contributed by atoms with E-state index in [1.54, 1.807) is 0 Å². The number of carbonyl (C=O) groups excluding carboxylic acids is 1. The summed E-state index contributed by atoms with van der Waals surface area (Å²) in [7, 11) is -6.43. The fourth-order valence-corrected chi connectivity index (χ4v) is 3.71. The van der Waals surface area contributed by atoms with Crippen molar-refractivity contribution >= 4 is 23.7 Å². The van der Waals surface area contributed by atoms with Gasteiger partial charge in [0.15, 0.2) is 6.61 Å². The summed E-state index contributed by atoms with van der Waals surface area (Å²) in [5, 5.41) is -2.49. The van der Waals surface area contributed by atoms with Crippen LogP contribution in [0.5, 0.6) is 0 Å². The summed E-state index contributed by atoms with van der Waals surface area (Å²) in [6.07, 6.45) is 5.58. The molecule has 0 N–H and O–H groups in total. The normalized spacial score (nSPS) is 15.3. The zero-order valence-electron chi connectivity index (χ0n) is 10.9. The Balaban J connectivity index is 5.68. The molecule has 0 saturated carbocycles. The van der Waals surface area contributed by atoms with Crippen LogP contribution in [0.25, 0.3) is 0 Å².